The number of aromatic nitrogens is 1. The maximum absolute atomic E-state index is 15.2. The summed E-state index contributed by atoms with van der Waals surface area (Å²) in [4.78, 5) is 24.3. The first kappa shape index (κ1) is 20.1. The molecule has 2 atom stereocenters. The number of carbonyl (C=O) groups is 2. The first-order valence-corrected chi connectivity index (χ1v) is 9.86. The predicted molar refractivity (Wildman–Crippen MR) is 109 cm³/mol. The number of aliphatic hydroxyl groups excluding tert-OH is 1. The van der Waals surface area contributed by atoms with E-state index in [0.717, 1.165) is 17.7 Å². The van der Waals surface area contributed by atoms with E-state index < -0.39 is 29.7 Å². The second-order valence-corrected chi connectivity index (χ2v) is 7.57. The topological polar surface area (TPSA) is 94.6 Å². The Morgan fingerprint density at radius 1 is 1.27 bits per heavy atom. The molecule has 30 heavy (non-hydrogen) atoms. The van der Waals surface area contributed by atoms with Crippen LogP contribution in [0.2, 0.25) is 0 Å². The molecular weight excluding hydrogens is 387 g/mol. The van der Waals surface area contributed by atoms with Crippen molar-refractivity contribution < 1.29 is 23.8 Å². The normalized spacial score (nSPS) is 16.8. The van der Waals surface area contributed by atoms with E-state index in [1.165, 1.54) is 19.2 Å². The SMILES string of the molecule is COC(=O)C(O)c1ccc(F)c2c1c1c(n2Cc2ccccc2)CCCC1C(N)=O. The van der Waals surface area contributed by atoms with Crippen LogP contribution in [0.5, 0.6) is 0 Å². The minimum Gasteiger partial charge on any atom is -0.467 e. The Balaban J connectivity index is 2.05. The molecule has 1 aliphatic rings. The highest BCUT2D eigenvalue weighted by atomic mass is 19.1. The van der Waals surface area contributed by atoms with Gasteiger partial charge in [0.15, 0.2) is 6.10 Å². The van der Waals surface area contributed by atoms with Crippen LogP contribution in [0, 0.1) is 5.82 Å². The Hall–Kier alpha value is -3.19. The van der Waals surface area contributed by atoms with E-state index >= 15 is 4.39 Å². The molecule has 1 aliphatic carbocycles. The fourth-order valence-corrected chi connectivity index (χ4v) is 4.51. The zero-order chi connectivity index (χ0) is 21.4. The fourth-order valence-electron chi connectivity index (χ4n) is 4.51. The van der Waals surface area contributed by atoms with E-state index in [1.54, 1.807) is 0 Å². The molecule has 0 fully saturated rings. The standard InChI is InChI=1S/C23H23FN2O4/c1-30-23(29)21(27)14-10-11-16(24)20-19(14)18-15(22(25)28)8-5-9-17(18)26(20)12-13-6-3-2-4-7-13/h2-4,6-7,10-11,15,21,27H,5,8-9,12H2,1H3,(H2,25,28). The minimum absolute atomic E-state index is 0.217. The lowest BCUT2D eigenvalue weighted by atomic mass is 9.83. The summed E-state index contributed by atoms with van der Waals surface area (Å²) in [5.41, 5.74) is 8.56. The van der Waals surface area contributed by atoms with Gasteiger partial charge in [-0.05, 0) is 36.5 Å². The molecule has 1 heterocycles. The van der Waals surface area contributed by atoms with Crippen molar-refractivity contribution in [2.24, 2.45) is 5.73 Å². The third-order valence-electron chi connectivity index (χ3n) is 5.84. The second kappa shape index (κ2) is 7.91. The fraction of sp³-hybridized carbons (Fsp3) is 0.304. The molecule has 6 nitrogen and oxygen atoms in total. The van der Waals surface area contributed by atoms with Gasteiger partial charge in [0.2, 0.25) is 5.91 Å². The van der Waals surface area contributed by atoms with E-state index in [0.29, 0.717) is 30.3 Å². The van der Waals surface area contributed by atoms with Gasteiger partial charge in [-0.15, -0.1) is 0 Å². The molecule has 3 aromatic rings. The van der Waals surface area contributed by atoms with Crippen molar-refractivity contribution in [2.45, 2.75) is 37.8 Å². The molecule has 156 valence electrons. The first-order valence-electron chi connectivity index (χ1n) is 9.86. The number of amides is 1. The number of rotatable bonds is 5. The van der Waals surface area contributed by atoms with E-state index in [1.807, 2.05) is 34.9 Å². The number of aliphatic hydroxyl groups is 1. The number of ether oxygens (including phenoxy) is 1. The Morgan fingerprint density at radius 3 is 2.67 bits per heavy atom. The van der Waals surface area contributed by atoms with E-state index in [2.05, 4.69) is 4.74 Å². The van der Waals surface area contributed by atoms with Gasteiger partial charge in [-0.1, -0.05) is 36.4 Å². The van der Waals surface area contributed by atoms with Crippen molar-refractivity contribution in [3.8, 4) is 0 Å². The third kappa shape index (κ3) is 3.25. The molecule has 0 spiro atoms. The van der Waals surface area contributed by atoms with Gasteiger partial charge < -0.3 is 20.1 Å². The van der Waals surface area contributed by atoms with Crippen molar-refractivity contribution in [1.82, 2.24) is 4.57 Å². The average Bonchev–Trinajstić information content (AvgIpc) is 3.09. The van der Waals surface area contributed by atoms with Crippen molar-refractivity contribution >= 4 is 22.8 Å². The molecule has 4 rings (SSSR count). The Morgan fingerprint density at radius 2 is 2.00 bits per heavy atom. The summed E-state index contributed by atoms with van der Waals surface area (Å²) in [5.74, 6) is -2.45. The molecule has 2 aromatic carbocycles. The number of nitrogens with zero attached hydrogens (tertiary/aromatic N) is 1. The van der Waals surface area contributed by atoms with E-state index in [-0.39, 0.29) is 11.1 Å². The second-order valence-electron chi connectivity index (χ2n) is 7.57. The smallest absolute Gasteiger partial charge is 0.339 e. The number of carbonyl (C=O) groups excluding carboxylic acids is 2. The summed E-state index contributed by atoms with van der Waals surface area (Å²) in [6, 6.07) is 12.2. The van der Waals surface area contributed by atoms with Gasteiger partial charge in [0.05, 0.1) is 18.5 Å². The van der Waals surface area contributed by atoms with Crippen LogP contribution in [0.1, 0.15) is 47.2 Å². The Kier molecular flexibility index (Phi) is 5.30. The number of nitrogens with two attached hydrogens (primary N) is 1. The van der Waals surface area contributed by atoms with Crippen LogP contribution in [-0.4, -0.2) is 28.7 Å². The van der Waals surface area contributed by atoms with Gasteiger partial charge >= 0.3 is 5.97 Å². The highest BCUT2D eigenvalue weighted by Gasteiger charge is 2.35. The van der Waals surface area contributed by atoms with Gasteiger partial charge in [-0.25, -0.2) is 9.18 Å². The Bertz CT molecular complexity index is 1120. The molecule has 2 unspecified atom stereocenters. The maximum atomic E-state index is 15.2. The zero-order valence-electron chi connectivity index (χ0n) is 16.6. The van der Waals surface area contributed by atoms with Crippen molar-refractivity contribution in [3.63, 3.8) is 0 Å². The highest BCUT2D eigenvalue weighted by Crippen LogP contribution is 2.43. The zero-order valence-corrected chi connectivity index (χ0v) is 16.6. The molecule has 0 aliphatic heterocycles. The number of halogens is 1. The Labute approximate surface area is 173 Å². The van der Waals surface area contributed by atoms with Gasteiger partial charge in [0, 0.05) is 23.2 Å². The first-order chi connectivity index (χ1) is 14.4. The van der Waals surface area contributed by atoms with Gasteiger partial charge in [0.25, 0.3) is 0 Å². The van der Waals surface area contributed by atoms with Gasteiger partial charge in [0.1, 0.15) is 5.82 Å². The van der Waals surface area contributed by atoms with Crippen LogP contribution in [0.25, 0.3) is 10.9 Å². The number of benzene rings is 2. The predicted octanol–water partition coefficient (Wildman–Crippen LogP) is 2.94. The molecule has 0 saturated heterocycles. The van der Waals surface area contributed by atoms with E-state index in [4.69, 9.17) is 5.73 Å². The van der Waals surface area contributed by atoms with Crippen LogP contribution in [0.4, 0.5) is 4.39 Å². The number of esters is 1. The monoisotopic (exact) mass is 410 g/mol. The van der Waals surface area contributed by atoms with Crippen molar-refractivity contribution in [2.75, 3.05) is 7.11 Å². The summed E-state index contributed by atoms with van der Waals surface area (Å²) in [6.07, 6.45) is 0.331. The van der Waals surface area contributed by atoms with Crippen LogP contribution in [-0.2, 0) is 27.3 Å². The molecule has 0 radical (unpaired) electrons. The lowest BCUT2D eigenvalue weighted by molar-refractivity contribution is -0.150. The summed E-state index contributed by atoms with van der Waals surface area (Å²) in [5, 5.41) is 11.0. The molecule has 3 N–H and O–H groups in total. The minimum atomic E-state index is -1.59. The lowest BCUT2D eigenvalue weighted by Crippen LogP contribution is -2.25. The highest BCUT2D eigenvalue weighted by molar-refractivity contribution is 5.98. The molecule has 1 aromatic heterocycles. The summed E-state index contributed by atoms with van der Waals surface area (Å²) >= 11 is 0. The van der Waals surface area contributed by atoms with Crippen LogP contribution in [0.3, 0.4) is 0 Å². The molecular formula is C23H23FN2O4. The molecule has 0 bridgehead atoms. The summed E-state index contributed by atoms with van der Waals surface area (Å²) < 4.78 is 21.7. The van der Waals surface area contributed by atoms with E-state index in [9.17, 15) is 14.7 Å². The van der Waals surface area contributed by atoms with Crippen LogP contribution in [0.15, 0.2) is 42.5 Å². The number of primary amides is 1. The lowest BCUT2D eigenvalue weighted by Gasteiger charge is -2.23. The number of methoxy groups -OCH3 is 1. The van der Waals surface area contributed by atoms with Gasteiger partial charge in [-0.3, -0.25) is 4.79 Å². The number of hydrogen-bond donors (Lipinski definition) is 2. The third-order valence-corrected chi connectivity index (χ3v) is 5.84. The van der Waals surface area contributed by atoms with Gasteiger partial charge in [-0.2, -0.15) is 0 Å². The van der Waals surface area contributed by atoms with Crippen molar-refractivity contribution in [3.05, 3.63) is 70.7 Å². The number of fused-ring (bicyclic) bond motifs is 3. The molecule has 7 heteroatoms. The maximum Gasteiger partial charge on any atom is 0.339 e. The average molecular weight is 410 g/mol. The molecule has 1 amide bonds. The molecule has 0 saturated carbocycles. The number of hydrogen-bond acceptors (Lipinski definition) is 4. The summed E-state index contributed by atoms with van der Waals surface area (Å²) in [7, 11) is 1.18. The quantitative estimate of drug-likeness (QED) is 0.633. The van der Waals surface area contributed by atoms with Crippen molar-refractivity contribution in [1.29, 1.82) is 0 Å². The van der Waals surface area contributed by atoms with Crippen LogP contribution < -0.4 is 5.73 Å². The largest absolute Gasteiger partial charge is 0.467 e. The summed E-state index contributed by atoms with van der Waals surface area (Å²) in [6.45, 7) is 0.396. The van der Waals surface area contributed by atoms with Crippen LogP contribution >= 0.6 is 0 Å².